The third-order valence-electron chi connectivity index (χ3n) is 5.32. The number of halogens is 2. The van der Waals surface area contributed by atoms with Gasteiger partial charge >= 0.3 is 0 Å². The second-order valence-electron chi connectivity index (χ2n) is 7.67. The van der Waals surface area contributed by atoms with Gasteiger partial charge in [0, 0.05) is 5.56 Å². The van der Waals surface area contributed by atoms with E-state index in [9.17, 15) is 8.78 Å². The lowest BCUT2D eigenvalue weighted by Gasteiger charge is -2.11. The van der Waals surface area contributed by atoms with E-state index in [0.29, 0.717) is 12.2 Å². The molecule has 0 spiro atoms. The van der Waals surface area contributed by atoms with Crippen LogP contribution in [-0.2, 0) is 6.42 Å². The summed E-state index contributed by atoms with van der Waals surface area (Å²) in [5.41, 5.74) is 4.38. The van der Waals surface area contributed by atoms with Gasteiger partial charge in [-0.15, -0.1) is 0 Å². The normalized spacial score (nSPS) is 10.9. The SMILES string of the molecule is CCCCCCOc1ccc(-c2ccc(-c3ccc(CCC)cc3)cc2)c(F)c1F. The molecule has 0 aliphatic carbocycles. The fourth-order valence-corrected chi connectivity index (χ4v) is 3.57. The number of ether oxygens (including phenoxy) is 1. The average Bonchev–Trinajstić information content (AvgIpc) is 2.77. The molecule has 0 fully saturated rings. The summed E-state index contributed by atoms with van der Waals surface area (Å²) in [7, 11) is 0. The molecule has 158 valence electrons. The zero-order valence-corrected chi connectivity index (χ0v) is 17.9. The fraction of sp³-hybridized carbons (Fsp3) is 0.333. The molecule has 3 rings (SSSR count). The van der Waals surface area contributed by atoms with E-state index < -0.39 is 11.6 Å². The van der Waals surface area contributed by atoms with Gasteiger partial charge in [-0.05, 0) is 47.2 Å². The predicted octanol–water partition coefficient (Wildman–Crippen LogP) is 8.21. The van der Waals surface area contributed by atoms with Crippen molar-refractivity contribution in [3.05, 3.63) is 77.9 Å². The summed E-state index contributed by atoms with van der Waals surface area (Å²) in [6, 6.07) is 19.2. The van der Waals surface area contributed by atoms with E-state index in [1.54, 1.807) is 6.07 Å². The molecule has 0 saturated carbocycles. The molecule has 30 heavy (non-hydrogen) atoms. The highest BCUT2D eigenvalue weighted by Gasteiger charge is 2.16. The Kier molecular flexibility index (Phi) is 8.01. The first kappa shape index (κ1) is 22.0. The van der Waals surface area contributed by atoms with Crippen molar-refractivity contribution in [2.75, 3.05) is 6.61 Å². The first-order chi connectivity index (χ1) is 14.6. The Balaban J connectivity index is 1.72. The van der Waals surface area contributed by atoms with E-state index in [1.165, 1.54) is 11.6 Å². The van der Waals surface area contributed by atoms with Gasteiger partial charge in [0.15, 0.2) is 11.6 Å². The zero-order valence-electron chi connectivity index (χ0n) is 17.9. The van der Waals surface area contributed by atoms with E-state index in [1.807, 2.05) is 24.3 Å². The van der Waals surface area contributed by atoms with Crippen LogP contribution in [0.15, 0.2) is 60.7 Å². The first-order valence-corrected chi connectivity index (χ1v) is 10.9. The van der Waals surface area contributed by atoms with Crippen molar-refractivity contribution in [2.24, 2.45) is 0 Å². The van der Waals surface area contributed by atoms with Gasteiger partial charge in [-0.1, -0.05) is 88.1 Å². The van der Waals surface area contributed by atoms with Crippen LogP contribution in [0.1, 0.15) is 51.5 Å². The van der Waals surface area contributed by atoms with Crippen LogP contribution in [0.4, 0.5) is 8.78 Å². The van der Waals surface area contributed by atoms with Gasteiger partial charge < -0.3 is 4.74 Å². The minimum absolute atomic E-state index is 0.0171. The number of hydrogen-bond acceptors (Lipinski definition) is 1. The lowest BCUT2D eigenvalue weighted by Crippen LogP contribution is -2.01. The monoisotopic (exact) mass is 408 g/mol. The minimum Gasteiger partial charge on any atom is -0.490 e. The number of aryl methyl sites for hydroxylation is 1. The van der Waals surface area contributed by atoms with Crippen molar-refractivity contribution in [3.63, 3.8) is 0 Å². The summed E-state index contributed by atoms with van der Waals surface area (Å²) in [6.07, 6.45) is 6.32. The minimum atomic E-state index is -0.918. The van der Waals surface area contributed by atoms with Gasteiger partial charge in [0.25, 0.3) is 0 Å². The van der Waals surface area contributed by atoms with Gasteiger partial charge in [0.05, 0.1) is 6.61 Å². The molecule has 3 heteroatoms. The molecule has 0 aliphatic heterocycles. The van der Waals surface area contributed by atoms with Crippen LogP contribution in [0, 0.1) is 11.6 Å². The Morgan fingerprint density at radius 1 is 0.633 bits per heavy atom. The highest BCUT2D eigenvalue weighted by molar-refractivity contribution is 5.71. The molecule has 0 atom stereocenters. The second-order valence-corrected chi connectivity index (χ2v) is 7.67. The number of benzene rings is 3. The summed E-state index contributed by atoms with van der Waals surface area (Å²) < 4.78 is 34.6. The van der Waals surface area contributed by atoms with Crippen LogP contribution in [0.25, 0.3) is 22.3 Å². The van der Waals surface area contributed by atoms with Crippen molar-refractivity contribution >= 4 is 0 Å². The predicted molar refractivity (Wildman–Crippen MR) is 121 cm³/mol. The highest BCUT2D eigenvalue weighted by Crippen LogP contribution is 2.31. The van der Waals surface area contributed by atoms with Crippen LogP contribution < -0.4 is 4.74 Å². The molecule has 0 amide bonds. The van der Waals surface area contributed by atoms with Crippen molar-refractivity contribution in [1.29, 1.82) is 0 Å². The maximum Gasteiger partial charge on any atom is 0.201 e. The molecule has 0 radical (unpaired) electrons. The van der Waals surface area contributed by atoms with Crippen LogP contribution in [0.3, 0.4) is 0 Å². The fourth-order valence-electron chi connectivity index (χ4n) is 3.57. The molecule has 0 N–H and O–H groups in total. The Morgan fingerprint density at radius 2 is 1.27 bits per heavy atom. The number of unbranched alkanes of at least 4 members (excludes halogenated alkanes) is 3. The average molecular weight is 409 g/mol. The molecule has 0 bridgehead atoms. The van der Waals surface area contributed by atoms with Crippen molar-refractivity contribution < 1.29 is 13.5 Å². The molecule has 3 aromatic carbocycles. The van der Waals surface area contributed by atoms with Crippen molar-refractivity contribution in [2.45, 2.75) is 52.4 Å². The second kappa shape index (κ2) is 10.9. The molecular weight excluding hydrogens is 378 g/mol. The lowest BCUT2D eigenvalue weighted by molar-refractivity contribution is 0.285. The summed E-state index contributed by atoms with van der Waals surface area (Å²) in [6.45, 7) is 4.70. The summed E-state index contributed by atoms with van der Waals surface area (Å²) in [5.74, 6) is -1.80. The van der Waals surface area contributed by atoms with E-state index >= 15 is 0 Å². The van der Waals surface area contributed by atoms with Crippen LogP contribution in [-0.4, -0.2) is 6.61 Å². The molecule has 3 aromatic rings. The Bertz CT molecular complexity index is 930. The highest BCUT2D eigenvalue weighted by atomic mass is 19.2. The van der Waals surface area contributed by atoms with Crippen LogP contribution in [0.2, 0.25) is 0 Å². The molecule has 0 unspecified atom stereocenters. The number of hydrogen-bond donors (Lipinski definition) is 0. The van der Waals surface area contributed by atoms with Gasteiger partial charge in [0.2, 0.25) is 5.82 Å². The van der Waals surface area contributed by atoms with Crippen LogP contribution >= 0.6 is 0 Å². The smallest absolute Gasteiger partial charge is 0.201 e. The third kappa shape index (κ3) is 5.47. The van der Waals surface area contributed by atoms with Crippen molar-refractivity contribution in [3.8, 4) is 28.0 Å². The Labute approximate surface area is 178 Å². The quantitative estimate of drug-likeness (QED) is 0.307. The maximum atomic E-state index is 14.7. The van der Waals surface area contributed by atoms with Gasteiger partial charge in [0.1, 0.15) is 0 Å². The first-order valence-electron chi connectivity index (χ1n) is 10.9. The summed E-state index contributed by atoms with van der Waals surface area (Å²) >= 11 is 0. The molecule has 0 saturated heterocycles. The maximum absolute atomic E-state index is 14.7. The molecule has 0 aliphatic rings. The summed E-state index contributed by atoms with van der Waals surface area (Å²) in [5, 5.41) is 0. The van der Waals surface area contributed by atoms with E-state index in [-0.39, 0.29) is 11.3 Å². The molecule has 0 heterocycles. The zero-order chi connectivity index (χ0) is 21.3. The molecular formula is C27H30F2O. The van der Waals surface area contributed by atoms with Crippen molar-refractivity contribution in [1.82, 2.24) is 0 Å². The third-order valence-corrected chi connectivity index (χ3v) is 5.32. The van der Waals surface area contributed by atoms with E-state index in [2.05, 4.69) is 38.1 Å². The van der Waals surface area contributed by atoms with Gasteiger partial charge in [-0.2, -0.15) is 4.39 Å². The number of rotatable bonds is 10. The lowest BCUT2D eigenvalue weighted by atomic mass is 9.98. The molecule has 1 nitrogen and oxygen atoms in total. The van der Waals surface area contributed by atoms with E-state index in [4.69, 9.17) is 4.74 Å². The van der Waals surface area contributed by atoms with E-state index in [0.717, 1.165) is 49.7 Å². The Hall–Kier alpha value is -2.68. The summed E-state index contributed by atoms with van der Waals surface area (Å²) in [4.78, 5) is 0. The Morgan fingerprint density at radius 3 is 1.90 bits per heavy atom. The van der Waals surface area contributed by atoms with Crippen LogP contribution in [0.5, 0.6) is 5.75 Å². The largest absolute Gasteiger partial charge is 0.490 e. The molecule has 0 aromatic heterocycles. The van der Waals surface area contributed by atoms with Gasteiger partial charge in [-0.25, -0.2) is 4.39 Å². The topological polar surface area (TPSA) is 9.23 Å². The van der Waals surface area contributed by atoms with Gasteiger partial charge in [-0.3, -0.25) is 0 Å². The standard InChI is InChI=1S/C27H30F2O/c1-3-5-6-7-19-30-25-18-17-24(26(28)27(25)29)23-15-13-22(14-16-23)21-11-9-20(8-4-2)10-12-21/h9-18H,3-8,19H2,1-2H3.